The van der Waals surface area contributed by atoms with Gasteiger partial charge in [-0.15, -0.1) is 0 Å². The zero-order valence-corrected chi connectivity index (χ0v) is 12.6. The summed E-state index contributed by atoms with van der Waals surface area (Å²) in [5.74, 6) is -0.450. The van der Waals surface area contributed by atoms with Crippen molar-refractivity contribution >= 4 is 17.7 Å². The Morgan fingerprint density at radius 1 is 1.19 bits per heavy atom. The third-order valence-corrected chi connectivity index (χ3v) is 3.35. The Balaban J connectivity index is 2.24. The molecule has 1 N–H and O–H groups in total. The summed E-state index contributed by atoms with van der Waals surface area (Å²) < 4.78 is 0. The molecular weight excluding hydrogens is 268 g/mol. The Labute approximate surface area is 124 Å². The lowest BCUT2D eigenvalue weighted by atomic mass is 10.1. The van der Waals surface area contributed by atoms with Crippen molar-refractivity contribution in [3.8, 4) is 0 Å². The van der Waals surface area contributed by atoms with Crippen molar-refractivity contribution in [1.82, 2.24) is 10.2 Å². The van der Waals surface area contributed by atoms with Gasteiger partial charge in [0.05, 0.1) is 11.1 Å². The lowest BCUT2D eigenvalue weighted by Gasteiger charge is -2.11. The summed E-state index contributed by atoms with van der Waals surface area (Å²) in [6, 6.07) is 4.67. The molecule has 0 atom stereocenters. The first-order valence-electron chi connectivity index (χ1n) is 7.24. The second kappa shape index (κ2) is 6.08. The van der Waals surface area contributed by atoms with Crippen LogP contribution >= 0.6 is 0 Å². The van der Waals surface area contributed by atoms with Crippen molar-refractivity contribution in [2.24, 2.45) is 5.92 Å². The van der Waals surface area contributed by atoms with E-state index in [1.807, 2.05) is 20.8 Å². The van der Waals surface area contributed by atoms with E-state index in [1.54, 1.807) is 12.1 Å². The van der Waals surface area contributed by atoms with E-state index in [9.17, 15) is 14.4 Å². The quantitative estimate of drug-likeness (QED) is 0.844. The van der Waals surface area contributed by atoms with Crippen molar-refractivity contribution in [2.75, 3.05) is 13.1 Å². The molecule has 0 saturated carbocycles. The molecule has 0 unspecified atom stereocenters. The Bertz CT molecular complexity index is 593. The van der Waals surface area contributed by atoms with Gasteiger partial charge in [-0.1, -0.05) is 20.8 Å². The van der Waals surface area contributed by atoms with Gasteiger partial charge in [-0.2, -0.15) is 0 Å². The van der Waals surface area contributed by atoms with E-state index >= 15 is 0 Å². The fourth-order valence-electron chi connectivity index (χ4n) is 2.26. The van der Waals surface area contributed by atoms with E-state index in [2.05, 4.69) is 5.32 Å². The van der Waals surface area contributed by atoms with Crippen LogP contribution < -0.4 is 5.32 Å². The Kier molecular flexibility index (Phi) is 4.40. The molecule has 21 heavy (non-hydrogen) atoms. The van der Waals surface area contributed by atoms with Crippen molar-refractivity contribution in [3.05, 3.63) is 34.9 Å². The molecule has 0 fully saturated rings. The number of benzene rings is 1. The van der Waals surface area contributed by atoms with Gasteiger partial charge in [0.2, 0.25) is 0 Å². The minimum absolute atomic E-state index is 0.222. The second-order valence-electron chi connectivity index (χ2n) is 5.63. The van der Waals surface area contributed by atoms with Gasteiger partial charge in [-0.3, -0.25) is 19.3 Å². The summed E-state index contributed by atoms with van der Waals surface area (Å²) in [6.07, 6.45) is 0.715. The van der Waals surface area contributed by atoms with Gasteiger partial charge in [0, 0.05) is 18.7 Å². The number of imide groups is 1. The van der Waals surface area contributed by atoms with Crippen LogP contribution in [0.5, 0.6) is 0 Å². The number of carbonyl (C=O) groups is 3. The third-order valence-electron chi connectivity index (χ3n) is 3.35. The molecule has 0 aliphatic carbocycles. The van der Waals surface area contributed by atoms with Gasteiger partial charge < -0.3 is 5.32 Å². The zero-order chi connectivity index (χ0) is 15.6. The maximum absolute atomic E-state index is 12.2. The summed E-state index contributed by atoms with van der Waals surface area (Å²) in [7, 11) is 0. The molecule has 5 heteroatoms. The molecule has 1 aliphatic heterocycles. The molecule has 1 heterocycles. The maximum atomic E-state index is 12.2. The molecule has 1 aromatic rings. The monoisotopic (exact) mass is 288 g/mol. The third kappa shape index (κ3) is 2.96. The highest BCUT2D eigenvalue weighted by atomic mass is 16.2. The molecule has 1 aromatic carbocycles. The smallest absolute Gasteiger partial charge is 0.261 e. The summed E-state index contributed by atoms with van der Waals surface area (Å²) in [4.78, 5) is 37.6. The molecule has 2 rings (SSSR count). The summed E-state index contributed by atoms with van der Waals surface area (Å²) in [5, 5.41) is 2.80. The number of hydrogen-bond acceptors (Lipinski definition) is 3. The highest BCUT2D eigenvalue weighted by Gasteiger charge is 2.35. The number of amides is 3. The topological polar surface area (TPSA) is 66.5 Å². The highest BCUT2D eigenvalue weighted by Crippen LogP contribution is 2.24. The molecule has 0 radical (unpaired) electrons. The fraction of sp³-hybridized carbons (Fsp3) is 0.438. The van der Waals surface area contributed by atoms with Gasteiger partial charge >= 0.3 is 0 Å². The maximum Gasteiger partial charge on any atom is 0.261 e. The number of hydrogen-bond donors (Lipinski definition) is 1. The van der Waals surface area contributed by atoms with Crippen LogP contribution in [0.25, 0.3) is 0 Å². The van der Waals surface area contributed by atoms with Crippen LogP contribution in [0.4, 0.5) is 0 Å². The molecule has 0 spiro atoms. The number of nitrogens with zero attached hydrogens (tertiary/aromatic N) is 1. The zero-order valence-electron chi connectivity index (χ0n) is 12.6. The predicted molar refractivity (Wildman–Crippen MR) is 79.3 cm³/mol. The number of fused-ring (bicyclic) bond motifs is 1. The van der Waals surface area contributed by atoms with Crippen LogP contribution in [0.15, 0.2) is 18.2 Å². The standard InChI is InChI=1S/C16H20N2O3/c1-4-7-18-15(20)12-6-5-11(8-13(12)16(18)21)14(19)17-9-10(2)3/h5-6,8,10H,4,7,9H2,1-3H3,(H,17,19). The first-order valence-corrected chi connectivity index (χ1v) is 7.24. The fourth-order valence-corrected chi connectivity index (χ4v) is 2.26. The van der Waals surface area contributed by atoms with Crippen LogP contribution in [0.1, 0.15) is 58.3 Å². The molecule has 1 aliphatic rings. The molecule has 0 aromatic heterocycles. The van der Waals surface area contributed by atoms with E-state index in [4.69, 9.17) is 0 Å². The normalized spacial score (nSPS) is 13.8. The van der Waals surface area contributed by atoms with E-state index in [0.717, 1.165) is 0 Å². The van der Waals surface area contributed by atoms with Crippen molar-refractivity contribution in [2.45, 2.75) is 27.2 Å². The van der Waals surface area contributed by atoms with E-state index in [-0.39, 0.29) is 17.7 Å². The Hall–Kier alpha value is -2.17. The lowest BCUT2D eigenvalue weighted by molar-refractivity contribution is 0.0654. The first kappa shape index (κ1) is 15.2. The van der Waals surface area contributed by atoms with Crippen LogP contribution in [0.3, 0.4) is 0 Å². The van der Waals surface area contributed by atoms with Crippen LogP contribution in [0.2, 0.25) is 0 Å². The summed E-state index contributed by atoms with van der Waals surface area (Å²) in [5.41, 5.74) is 1.12. The summed E-state index contributed by atoms with van der Waals surface area (Å²) >= 11 is 0. The first-order chi connectivity index (χ1) is 9.95. The Morgan fingerprint density at radius 3 is 2.48 bits per heavy atom. The lowest BCUT2D eigenvalue weighted by Crippen LogP contribution is -2.30. The SMILES string of the molecule is CCCN1C(=O)c2ccc(C(=O)NCC(C)C)cc2C1=O. The largest absolute Gasteiger partial charge is 0.352 e. The van der Waals surface area contributed by atoms with Crippen LogP contribution in [-0.2, 0) is 0 Å². The molecule has 0 saturated heterocycles. The molecular formula is C16H20N2O3. The van der Waals surface area contributed by atoms with Crippen molar-refractivity contribution in [3.63, 3.8) is 0 Å². The van der Waals surface area contributed by atoms with E-state index in [0.29, 0.717) is 42.1 Å². The van der Waals surface area contributed by atoms with Gasteiger partial charge in [0.25, 0.3) is 17.7 Å². The molecule has 0 bridgehead atoms. The number of carbonyl (C=O) groups excluding carboxylic acids is 3. The molecule has 5 nitrogen and oxygen atoms in total. The second-order valence-corrected chi connectivity index (χ2v) is 5.63. The minimum Gasteiger partial charge on any atom is -0.352 e. The van der Waals surface area contributed by atoms with Gasteiger partial charge in [-0.05, 0) is 30.5 Å². The van der Waals surface area contributed by atoms with E-state index in [1.165, 1.54) is 11.0 Å². The number of nitrogens with one attached hydrogen (secondary N) is 1. The van der Waals surface area contributed by atoms with Crippen LogP contribution in [-0.4, -0.2) is 35.7 Å². The Morgan fingerprint density at radius 2 is 1.86 bits per heavy atom. The van der Waals surface area contributed by atoms with Crippen LogP contribution in [0, 0.1) is 5.92 Å². The van der Waals surface area contributed by atoms with E-state index < -0.39 is 0 Å². The molecule has 3 amide bonds. The predicted octanol–water partition coefficient (Wildman–Crippen LogP) is 2.08. The highest BCUT2D eigenvalue weighted by molar-refractivity contribution is 6.22. The number of rotatable bonds is 5. The minimum atomic E-state index is -0.310. The molecule has 112 valence electrons. The average Bonchev–Trinajstić information content (AvgIpc) is 2.70. The van der Waals surface area contributed by atoms with Gasteiger partial charge in [0.15, 0.2) is 0 Å². The average molecular weight is 288 g/mol. The summed E-state index contributed by atoms with van der Waals surface area (Å²) in [6.45, 7) is 6.90. The van der Waals surface area contributed by atoms with Crippen molar-refractivity contribution < 1.29 is 14.4 Å². The van der Waals surface area contributed by atoms with Gasteiger partial charge in [-0.25, -0.2) is 0 Å². The van der Waals surface area contributed by atoms with Gasteiger partial charge in [0.1, 0.15) is 0 Å². The van der Waals surface area contributed by atoms with Crippen molar-refractivity contribution in [1.29, 1.82) is 0 Å².